The Labute approximate surface area is 177 Å². The molecule has 0 saturated heterocycles. The third kappa shape index (κ3) is 2.95. The van der Waals surface area contributed by atoms with Crippen molar-refractivity contribution in [2.75, 3.05) is 13.2 Å². The van der Waals surface area contributed by atoms with Gasteiger partial charge in [-0.25, -0.2) is 4.98 Å². The van der Waals surface area contributed by atoms with E-state index in [0.717, 1.165) is 34.2 Å². The van der Waals surface area contributed by atoms with Gasteiger partial charge in [0.2, 0.25) is 0 Å². The molecule has 5 aromatic rings. The van der Waals surface area contributed by atoms with Crippen LogP contribution in [0, 0.1) is 13.8 Å². The monoisotopic (exact) mass is 414 g/mol. The summed E-state index contributed by atoms with van der Waals surface area (Å²) < 4.78 is 25.0. The normalized spacial score (nSPS) is 13.1. The highest BCUT2D eigenvalue weighted by molar-refractivity contribution is 5.76. The molecule has 6 rings (SSSR count). The molecule has 1 aliphatic heterocycles. The van der Waals surface area contributed by atoms with E-state index in [-0.39, 0.29) is 0 Å². The van der Waals surface area contributed by atoms with Gasteiger partial charge in [0.15, 0.2) is 28.7 Å². The maximum Gasteiger partial charge on any atom is 0.254 e. The van der Waals surface area contributed by atoms with Gasteiger partial charge < -0.3 is 18.3 Å². The van der Waals surface area contributed by atoms with E-state index >= 15 is 0 Å². The van der Waals surface area contributed by atoms with E-state index in [1.807, 2.05) is 66.9 Å². The number of nitrogens with zero attached hydrogens (tertiary/aromatic N) is 4. The lowest BCUT2D eigenvalue weighted by Crippen LogP contribution is -2.15. The number of furan rings is 2. The van der Waals surface area contributed by atoms with Crippen LogP contribution >= 0.6 is 0 Å². The Morgan fingerprint density at radius 3 is 2.29 bits per heavy atom. The molecule has 0 bridgehead atoms. The van der Waals surface area contributed by atoms with Crippen LogP contribution in [0.25, 0.3) is 39.9 Å². The van der Waals surface area contributed by atoms with Crippen LogP contribution in [0.15, 0.2) is 57.5 Å². The van der Waals surface area contributed by atoms with Gasteiger partial charge in [-0.15, -0.1) is 10.2 Å². The summed E-state index contributed by atoms with van der Waals surface area (Å²) >= 11 is 0. The summed E-state index contributed by atoms with van der Waals surface area (Å²) in [5.41, 5.74) is 2.94. The van der Waals surface area contributed by atoms with Crippen molar-refractivity contribution in [2.45, 2.75) is 13.8 Å². The summed E-state index contributed by atoms with van der Waals surface area (Å²) in [5.74, 6) is 4.77. The van der Waals surface area contributed by atoms with Crippen LogP contribution in [0.4, 0.5) is 0 Å². The van der Waals surface area contributed by atoms with Crippen molar-refractivity contribution in [1.29, 1.82) is 0 Å². The van der Waals surface area contributed by atoms with Gasteiger partial charge in [0.1, 0.15) is 30.4 Å². The molecule has 0 saturated carbocycles. The maximum absolute atomic E-state index is 5.94. The number of fused-ring (bicyclic) bond motifs is 2. The molecule has 31 heavy (non-hydrogen) atoms. The second-order valence-corrected chi connectivity index (χ2v) is 7.37. The van der Waals surface area contributed by atoms with Crippen molar-refractivity contribution < 1.29 is 18.3 Å². The summed E-state index contributed by atoms with van der Waals surface area (Å²) in [6, 6.07) is 13.4. The quantitative estimate of drug-likeness (QED) is 0.423. The average Bonchev–Trinajstić information content (AvgIpc) is 3.52. The fraction of sp³-hybridized carbons (Fsp3) is 0.174. The van der Waals surface area contributed by atoms with Crippen molar-refractivity contribution in [1.82, 2.24) is 19.6 Å². The highest BCUT2D eigenvalue weighted by Crippen LogP contribution is 2.36. The Balaban J connectivity index is 1.56. The third-order valence-corrected chi connectivity index (χ3v) is 5.18. The van der Waals surface area contributed by atoms with Crippen LogP contribution in [0.2, 0.25) is 0 Å². The molecule has 1 aliphatic rings. The zero-order chi connectivity index (χ0) is 20.9. The van der Waals surface area contributed by atoms with Gasteiger partial charge in [0.05, 0.1) is 5.69 Å². The van der Waals surface area contributed by atoms with Gasteiger partial charge >= 0.3 is 0 Å². The van der Waals surface area contributed by atoms with Crippen LogP contribution in [-0.4, -0.2) is 32.8 Å². The number of imidazole rings is 1. The topological polar surface area (TPSA) is 87.8 Å². The van der Waals surface area contributed by atoms with Crippen molar-refractivity contribution in [3.63, 3.8) is 0 Å². The second kappa shape index (κ2) is 6.73. The molecule has 8 heteroatoms. The first kappa shape index (κ1) is 17.8. The fourth-order valence-corrected chi connectivity index (χ4v) is 3.73. The van der Waals surface area contributed by atoms with Crippen molar-refractivity contribution in [3.8, 4) is 45.7 Å². The Hall–Kier alpha value is -4.07. The zero-order valence-corrected chi connectivity index (χ0v) is 17.0. The van der Waals surface area contributed by atoms with Crippen LogP contribution in [0.5, 0.6) is 11.5 Å². The Morgan fingerprint density at radius 1 is 0.806 bits per heavy atom. The molecular weight excluding hydrogens is 396 g/mol. The van der Waals surface area contributed by atoms with E-state index in [2.05, 4.69) is 15.2 Å². The van der Waals surface area contributed by atoms with E-state index in [1.165, 1.54) is 0 Å². The van der Waals surface area contributed by atoms with Crippen LogP contribution in [0.1, 0.15) is 11.5 Å². The van der Waals surface area contributed by atoms with Crippen molar-refractivity contribution in [2.24, 2.45) is 0 Å². The molecule has 0 N–H and O–H groups in total. The average molecular weight is 414 g/mol. The highest BCUT2D eigenvalue weighted by Gasteiger charge is 2.22. The molecule has 0 aliphatic carbocycles. The molecule has 0 fully saturated rings. The van der Waals surface area contributed by atoms with Crippen molar-refractivity contribution in [3.05, 3.63) is 60.2 Å². The molecule has 8 nitrogen and oxygen atoms in total. The predicted octanol–water partition coefficient (Wildman–Crippen LogP) is 4.70. The lowest BCUT2D eigenvalue weighted by molar-refractivity contribution is 0.171. The molecule has 4 aromatic heterocycles. The van der Waals surface area contributed by atoms with E-state index in [0.29, 0.717) is 42.0 Å². The summed E-state index contributed by atoms with van der Waals surface area (Å²) in [6.45, 7) is 4.88. The van der Waals surface area contributed by atoms with E-state index in [1.54, 1.807) is 0 Å². The predicted molar refractivity (Wildman–Crippen MR) is 112 cm³/mol. The lowest BCUT2D eigenvalue weighted by Gasteiger charge is -2.18. The van der Waals surface area contributed by atoms with Crippen LogP contribution in [0.3, 0.4) is 0 Å². The number of hydrogen-bond acceptors (Lipinski definition) is 7. The number of rotatable bonds is 3. The first-order chi connectivity index (χ1) is 15.2. The summed E-state index contributed by atoms with van der Waals surface area (Å²) in [7, 11) is 0. The summed E-state index contributed by atoms with van der Waals surface area (Å²) in [4.78, 5) is 4.69. The highest BCUT2D eigenvalue weighted by atomic mass is 16.6. The minimum atomic E-state index is 0.459. The lowest BCUT2D eigenvalue weighted by atomic mass is 10.1. The zero-order valence-electron chi connectivity index (χ0n) is 17.0. The molecule has 5 heterocycles. The minimum absolute atomic E-state index is 0.459. The standard InChI is InChI=1S/C23H18N4O4/c1-13-3-6-18(30-13)21-22(19-7-4-14(2)31-19)27-12-16(24-23(27)26-25-21)15-5-8-17-20(11-15)29-10-9-28-17/h3-8,11-12H,9-10H2,1-2H3. The molecule has 0 amide bonds. The van der Waals surface area contributed by atoms with E-state index < -0.39 is 0 Å². The third-order valence-electron chi connectivity index (χ3n) is 5.18. The minimum Gasteiger partial charge on any atom is -0.486 e. The van der Waals surface area contributed by atoms with Gasteiger partial charge in [0, 0.05) is 11.8 Å². The van der Waals surface area contributed by atoms with E-state index in [9.17, 15) is 0 Å². The second-order valence-electron chi connectivity index (χ2n) is 7.37. The SMILES string of the molecule is Cc1ccc(-c2nnc3nc(-c4ccc5c(c4)OCCO5)cn3c2-c2ccc(C)o2)o1. The van der Waals surface area contributed by atoms with Crippen molar-refractivity contribution >= 4 is 5.78 Å². The number of aryl methyl sites for hydroxylation is 2. The Kier molecular flexibility index (Phi) is 3.86. The van der Waals surface area contributed by atoms with Gasteiger partial charge in [-0.3, -0.25) is 4.40 Å². The fourth-order valence-electron chi connectivity index (χ4n) is 3.73. The Bertz CT molecular complexity index is 1430. The smallest absolute Gasteiger partial charge is 0.254 e. The molecular formula is C23H18N4O4. The molecule has 0 unspecified atom stereocenters. The van der Waals surface area contributed by atoms with Gasteiger partial charge in [-0.1, -0.05) is 0 Å². The summed E-state index contributed by atoms with van der Waals surface area (Å²) in [5, 5.41) is 8.76. The molecule has 1 aromatic carbocycles. The van der Waals surface area contributed by atoms with Gasteiger partial charge in [0.25, 0.3) is 5.78 Å². The van der Waals surface area contributed by atoms with Gasteiger partial charge in [-0.2, -0.15) is 0 Å². The Morgan fingerprint density at radius 2 is 1.55 bits per heavy atom. The largest absolute Gasteiger partial charge is 0.486 e. The molecule has 154 valence electrons. The number of aromatic nitrogens is 4. The van der Waals surface area contributed by atoms with E-state index in [4.69, 9.17) is 18.3 Å². The molecule has 0 spiro atoms. The molecule has 0 atom stereocenters. The van der Waals surface area contributed by atoms with Gasteiger partial charge in [-0.05, 0) is 56.3 Å². The van der Waals surface area contributed by atoms with Crippen LogP contribution in [-0.2, 0) is 0 Å². The number of benzene rings is 1. The molecule has 0 radical (unpaired) electrons. The number of ether oxygens (including phenoxy) is 2. The van der Waals surface area contributed by atoms with Crippen LogP contribution < -0.4 is 9.47 Å². The maximum atomic E-state index is 5.94. The first-order valence-electron chi connectivity index (χ1n) is 9.95. The summed E-state index contributed by atoms with van der Waals surface area (Å²) in [6.07, 6.45) is 1.92. The first-order valence-corrected chi connectivity index (χ1v) is 9.95. The number of hydrogen-bond donors (Lipinski definition) is 0.